The lowest BCUT2D eigenvalue weighted by Crippen LogP contribution is -2.43. The maximum atomic E-state index is 14.8. The van der Waals surface area contributed by atoms with Crippen molar-refractivity contribution in [3.8, 4) is 0 Å². The minimum Gasteiger partial charge on any atom is -0.465 e. The predicted octanol–water partition coefficient (Wildman–Crippen LogP) is 3.78. The normalized spacial score (nSPS) is 22.4. The quantitative estimate of drug-likeness (QED) is 0.817. The van der Waals surface area contributed by atoms with Crippen molar-refractivity contribution >= 4 is 29.2 Å². The number of carbonyl (C=O) groups is 1. The molecule has 1 amide bonds. The Morgan fingerprint density at radius 1 is 1.36 bits per heavy atom. The lowest BCUT2D eigenvalue weighted by atomic mass is 9.76. The van der Waals surface area contributed by atoms with Crippen LogP contribution in [0.25, 0.3) is 0 Å². The van der Waals surface area contributed by atoms with Gasteiger partial charge in [-0.05, 0) is 56.5 Å². The van der Waals surface area contributed by atoms with E-state index in [9.17, 15) is 9.18 Å². The summed E-state index contributed by atoms with van der Waals surface area (Å²) in [5.74, 6) is -0.818. The van der Waals surface area contributed by atoms with E-state index in [0.717, 1.165) is 12.8 Å². The summed E-state index contributed by atoms with van der Waals surface area (Å²) in [6.07, 6.45) is 3.22. The molecule has 2 aromatic rings. The Bertz CT molecular complexity index is 1010. The second kappa shape index (κ2) is 6.44. The molecule has 8 heteroatoms. The molecule has 28 heavy (non-hydrogen) atoms. The van der Waals surface area contributed by atoms with Crippen LogP contribution in [0.3, 0.4) is 0 Å². The second-order valence-corrected chi connectivity index (χ2v) is 7.91. The molecule has 2 heterocycles. The first-order chi connectivity index (χ1) is 13.3. The number of ether oxygens (including phenoxy) is 1. The fourth-order valence-electron chi connectivity index (χ4n) is 3.76. The molecule has 6 nitrogen and oxygen atoms in total. The highest BCUT2D eigenvalue weighted by molar-refractivity contribution is 6.31. The van der Waals surface area contributed by atoms with Gasteiger partial charge in [0.25, 0.3) is 11.9 Å². The maximum Gasteiger partial charge on any atom is 0.282 e. The smallest absolute Gasteiger partial charge is 0.282 e. The summed E-state index contributed by atoms with van der Waals surface area (Å²) in [5, 5.41) is 3.23. The fourth-order valence-corrected chi connectivity index (χ4v) is 3.91. The molecule has 2 aliphatic rings. The number of nitrogens with two attached hydrogens (primary N) is 1. The van der Waals surface area contributed by atoms with Crippen LogP contribution in [-0.2, 0) is 10.3 Å². The molecular formula is C20H20ClFN4O2. The van der Waals surface area contributed by atoms with E-state index in [0.29, 0.717) is 28.4 Å². The molecule has 0 radical (unpaired) electrons. The number of nitrogens with zero attached hydrogens (tertiary/aromatic N) is 2. The number of nitrogens with one attached hydrogen (secondary N) is 1. The average Bonchev–Trinajstić information content (AvgIpc) is 3.44. The van der Waals surface area contributed by atoms with Crippen LogP contribution in [0.5, 0.6) is 0 Å². The monoisotopic (exact) mass is 402 g/mol. The number of aliphatic imine (C=N–C) groups is 1. The standard InChI is InChI=1S/C20H20ClFN4O2/c1-11-14(21)5-8-24-16(11)17(27)25-12-3-4-15(22)13(9-12)19(2)20(6-7-20)10-28-18(23)26-19/h3-5,8-9H,6-7,10H2,1-2H3,(H2,23,26)(H,25,27)/t19-/m1/s1. The third-order valence-electron chi connectivity index (χ3n) is 5.82. The van der Waals surface area contributed by atoms with Crippen molar-refractivity contribution in [3.63, 3.8) is 0 Å². The van der Waals surface area contributed by atoms with Gasteiger partial charge in [0.2, 0.25) is 0 Å². The Labute approximate surface area is 167 Å². The van der Waals surface area contributed by atoms with Gasteiger partial charge in [-0.2, -0.15) is 0 Å². The molecule has 146 valence electrons. The lowest BCUT2D eigenvalue weighted by Gasteiger charge is -2.38. The number of hydrogen-bond acceptors (Lipinski definition) is 5. The highest BCUT2D eigenvalue weighted by atomic mass is 35.5. The van der Waals surface area contributed by atoms with Crippen molar-refractivity contribution in [1.29, 1.82) is 0 Å². The van der Waals surface area contributed by atoms with E-state index in [-0.39, 0.29) is 17.1 Å². The molecule has 1 spiro atoms. The van der Waals surface area contributed by atoms with Crippen molar-refractivity contribution in [2.45, 2.75) is 32.2 Å². The van der Waals surface area contributed by atoms with Crippen molar-refractivity contribution in [2.24, 2.45) is 16.1 Å². The predicted molar refractivity (Wildman–Crippen MR) is 105 cm³/mol. The van der Waals surface area contributed by atoms with E-state index >= 15 is 0 Å². The molecule has 3 N–H and O–H groups in total. The molecule has 0 saturated heterocycles. The largest absolute Gasteiger partial charge is 0.465 e. The van der Waals surface area contributed by atoms with Crippen molar-refractivity contribution in [2.75, 3.05) is 11.9 Å². The van der Waals surface area contributed by atoms with Gasteiger partial charge in [-0.3, -0.25) is 9.78 Å². The molecule has 1 fully saturated rings. The molecule has 1 atom stereocenters. The van der Waals surface area contributed by atoms with Gasteiger partial charge in [0, 0.05) is 27.9 Å². The number of aromatic nitrogens is 1. The first-order valence-corrected chi connectivity index (χ1v) is 9.34. The molecule has 1 aromatic carbocycles. The summed E-state index contributed by atoms with van der Waals surface area (Å²) in [6.45, 7) is 3.99. The summed E-state index contributed by atoms with van der Waals surface area (Å²) in [4.78, 5) is 21.2. The minimum atomic E-state index is -0.857. The molecular weight excluding hydrogens is 383 g/mol. The van der Waals surface area contributed by atoms with Crippen LogP contribution < -0.4 is 11.1 Å². The fraction of sp³-hybridized carbons (Fsp3) is 0.350. The summed E-state index contributed by atoms with van der Waals surface area (Å²) >= 11 is 6.07. The van der Waals surface area contributed by atoms with E-state index in [1.54, 1.807) is 19.1 Å². The third-order valence-corrected chi connectivity index (χ3v) is 6.23. The van der Waals surface area contributed by atoms with Crippen LogP contribution in [0, 0.1) is 18.2 Å². The Kier molecular flexibility index (Phi) is 4.30. The number of amidine groups is 1. The van der Waals surface area contributed by atoms with E-state index in [1.807, 2.05) is 6.92 Å². The Balaban J connectivity index is 1.69. The van der Waals surface area contributed by atoms with Crippen molar-refractivity contribution in [1.82, 2.24) is 4.98 Å². The van der Waals surface area contributed by atoms with Crippen molar-refractivity contribution in [3.05, 3.63) is 58.1 Å². The zero-order valence-electron chi connectivity index (χ0n) is 15.6. The number of halogens is 2. The van der Waals surface area contributed by atoms with Gasteiger partial charge in [0.15, 0.2) is 0 Å². The molecule has 1 saturated carbocycles. The molecule has 0 unspecified atom stereocenters. The van der Waals surface area contributed by atoms with E-state index in [1.165, 1.54) is 18.3 Å². The number of rotatable bonds is 3. The zero-order chi connectivity index (χ0) is 20.1. The summed E-state index contributed by atoms with van der Waals surface area (Å²) in [5.41, 5.74) is 6.28. The van der Waals surface area contributed by atoms with Crippen molar-refractivity contribution < 1.29 is 13.9 Å². The average molecular weight is 403 g/mol. The van der Waals surface area contributed by atoms with Crippen LogP contribution in [0.4, 0.5) is 10.1 Å². The van der Waals surface area contributed by atoms with Crippen LogP contribution in [0.2, 0.25) is 5.02 Å². The number of benzene rings is 1. The number of pyridine rings is 1. The van der Waals surface area contributed by atoms with Gasteiger partial charge in [-0.15, -0.1) is 0 Å². The Hall–Kier alpha value is -2.67. The molecule has 1 aromatic heterocycles. The summed E-state index contributed by atoms with van der Waals surface area (Å²) in [7, 11) is 0. The van der Waals surface area contributed by atoms with Crippen LogP contribution in [0.1, 0.15) is 41.4 Å². The summed E-state index contributed by atoms with van der Waals surface area (Å²) in [6, 6.07) is 6.10. The van der Waals surface area contributed by atoms with Gasteiger partial charge >= 0.3 is 0 Å². The topological polar surface area (TPSA) is 89.6 Å². The summed E-state index contributed by atoms with van der Waals surface area (Å²) < 4.78 is 20.2. The third kappa shape index (κ3) is 2.90. The first kappa shape index (κ1) is 18.7. The minimum absolute atomic E-state index is 0.0487. The molecule has 1 aliphatic carbocycles. The number of anilines is 1. The van der Waals surface area contributed by atoms with Gasteiger partial charge in [0.05, 0.1) is 6.61 Å². The molecule has 1 aliphatic heterocycles. The Morgan fingerprint density at radius 3 is 2.82 bits per heavy atom. The van der Waals surface area contributed by atoms with Crippen LogP contribution in [0.15, 0.2) is 35.5 Å². The van der Waals surface area contributed by atoms with Crippen LogP contribution >= 0.6 is 11.6 Å². The second-order valence-electron chi connectivity index (χ2n) is 7.51. The van der Waals surface area contributed by atoms with E-state index < -0.39 is 17.3 Å². The SMILES string of the molecule is Cc1c(Cl)ccnc1C(=O)Nc1ccc(F)c([C@@]2(C)N=C(N)OCC23CC3)c1. The number of amides is 1. The van der Waals surface area contributed by atoms with E-state index in [2.05, 4.69) is 15.3 Å². The maximum absolute atomic E-state index is 14.8. The number of hydrogen-bond donors (Lipinski definition) is 2. The van der Waals surface area contributed by atoms with Crippen LogP contribution in [-0.4, -0.2) is 23.5 Å². The van der Waals surface area contributed by atoms with Gasteiger partial charge in [-0.1, -0.05) is 11.6 Å². The van der Waals surface area contributed by atoms with Gasteiger partial charge in [-0.25, -0.2) is 9.38 Å². The van der Waals surface area contributed by atoms with E-state index in [4.69, 9.17) is 22.1 Å². The zero-order valence-corrected chi connectivity index (χ0v) is 16.3. The highest BCUT2D eigenvalue weighted by Crippen LogP contribution is 2.62. The molecule has 4 rings (SSSR count). The first-order valence-electron chi connectivity index (χ1n) is 8.96. The number of carbonyl (C=O) groups excluding carboxylic acids is 1. The van der Waals surface area contributed by atoms with Gasteiger partial charge < -0.3 is 15.8 Å². The Morgan fingerprint density at radius 2 is 2.11 bits per heavy atom. The lowest BCUT2D eigenvalue weighted by molar-refractivity contribution is 0.102. The van der Waals surface area contributed by atoms with Gasteiger partial charge in [0.1, 0.15) is 17.1 Å². The highest BCUT2D eigenvalue weighted by Gasteiger charge is 2.61. The molecule has 0 bridgehead atoms.